The van der Waals surface area contributed by atoms with E-state index in [1.165, 1.54) is 30.6 Å². The highest BCUT2D eigenvalue weighted by Crippen LogP contribution is 2.37. The maximum Gasteiger partial charge on any atom is 0.243 e. The number of rotatable bonds is 8. The molecule has 2 aliphatic rings. The number of nitrogens with zero attached hydrogens (tertiary/aromatic N) is 1. The van der Waals surface area contributed by atoms with Gasteiger partial charge in [-0.25, -0.2) is 8.42 Å². The third-order valence-electron chi connectivity index (χ3n) is 6.55. The molecule has 4 rings (SSSR count). The maximum absolute atomic E-state index is 12.8. The fourth-order valence-electron chi connectivity index (χ4n) is 4.77. The number of sulfonamides is 1. The zero-order chi connectivity index (χ0) is 21.7. The number of hydrogen-bond donors (Lipinski definition) is 1. The second-order valence-electron chi connectivity index (χ2n) is 8.71. The Kier molecular flexibility index (Phi) is 7.46. The number of aryl methyl sites for hydroxylation is 1. The van der Waals surface area contributed by atoms with Crippen LogP contribution in [0.3, 0.4) is 0 Å². The molecule has 0 radical (unpaired) electrons. The van der Waals surface area contributed by atoms with Gasteiger partial charge < -0.3 is 5.32 Å². The highest BCUT2D eigenvalue weighted by molar-refractivity contribution is 7.89. The molecule has 0 spiro atoms. The van der Waals surface area contributed by atoms with E-state index in [9.17, 15) is 13.2 Å². The van der Waals surface area contributed by atoms with E-state index in [0.29, 0.717) is 36.7 Å². The van der Waals surface area contributed by atoms with Crippen LogP contribution in [0.15, 0.2) is 46.7 Å². The molecule has 1 amide bonds. The minimum atomic E-state index is -3.41. The van der Waals surface area contributed by atoms with Gasteiger partial charge in [-0.3, -0.25) is 4.79 Å². The summed E-state index contributed by atoms with van der Waals surface area (Å²) in [4.78, 5) is 14.3. The first-order chi connectivity index (χ1) is 15.0. The van der Waals surface area contributed by atoms with Crippen molar-refractivity contribution in [3.63, 3.8) is 0 Å². The minimum Gasteiger partial charge on any atom is -0.348 e. The van der Waals surface area contributed by atoms with Crippen molar-refractivity contribution in [1.82, 2.24) is 9.62 Å². The molecule has 0 bridgehead atoms. The monoisotopic (exact) mass is 460 g/mol. The van der Waals surface area contributed by atoms with Crippen LogP contribution in [0.5, 0.6) is 0 Å². The Morgan fingerprint density at radius 2 is 1.74 bits per heavy atom. The van der Waals surface area contributed by atoms with Gasteiger partial charge in [0.15, 0.2) is 0 Å². The Morgan fingerprint density at radius 1 is 1.03 bits per heavy atom. The zero-order valence-electron chi connectivity index (χ0n) is 18.0. The van der Waals surface area contributed by atoms with Crippen LogP contribution in [0.2, 0.25) is 0 Å². The number of carbonyl (C=O) groups excluding carboxylic acids is 1. The molecule has 1 unspecified atom stereocenters. The smallest absolute Gasteiger partial charge is 0.243 e. The molecule has 2 heterocycles. The molecule has 2 fully saturated rings. The Balaban J connectivity index is 1.33. The van der Waals surface area contributed by atoms with Gasteiger partial charge in [0.25, 0.3) is 0 Å². The van der Waals surface area contributed by atoms with Crippen LogP contribution in [-0.4, -0.2) is 31.7 Å². The summed E-state index contributed by atoms with van der Waals surface area (Å²) in [5, 5.41) is 5.35. The van der Waals surface area contributed by atoms with Crippen LogP contribution in [0.1, 0.15) is 67.8 Å². The first-order valence-corrected chi connectivity index (χ1v) is 13.8. The van der Waals surface area contributed by atoms with Crippen molar-refractivity contribution in [1.29, 1.82) is 0 Å². The van der Waals surface area contributed by atoms with Gasteiger partial charge in [-0.05, 0) is 67.2 Å². The second-order valence-corrected chi connectivity index (χ2v) is 11.6. The average molecular weight is 461 g/mol. The van der Waals surface area contributed by atoms with Crippen molar-refractivity contribution < 1.29 is 13.2 Å². The lowest BCUT2D eigenvalue weighted by molar-refractivity contribution is -0.122. The number of thiophene rings is 1. The predicted octanol–water partition coefficient (Wildman–Crippen LogP) is 4.90. The zero-order valence-corrected chi connectivity index (χ0v) is 19.6. The molecular weight excluding hydrogens is 428 g/mol. The summed E-state index contributed by atoms with van der Waals surface area (Å²) in [7, 11) is -3.41. The summed E-state index contributed by atoms with van der Waals surface area (Å²) in [5.41, 5.74) is 0.987. The summed E-state index contributed by atoms with van der Waals surface area (Å²) in [6.45, 7) is 1.22. The minimum absolute atomic E-state index is 0.0651. The largest absolute Gasteiger partial charge is 0.348 e. The molecule has 168 valence electrons. The van der Waals surface area contributed by atoms with E-state index in [-0.39, 0.29) is 11.9 Å². The van der Waals surface area contributed by atoms with Crippen LogP contribution < -0.4 is 5.32 Å². The fourth-order valence-corrected chi connectivity index (χ4v) is 7.15. The number of piperidine rings is 1. The highest BCUT2D eigenvalue weighted by Gasteiger charge is 2.28. The van der Waals surface area contributed by atoms with E-state index < -0.39 is 10.0 Å². The van der Waals surface area contributed by atoms with Gasteiger partial charge in [0.05, 0.1) is 10.9 Å². The molecule has 7 heteroatoms. The third kappa shape index (κ3) is 5.57. The Labute approximate surface area is 189 Å². The molecule has 1 atom stereocenters. The van der Waals surface area contributed by atoms with Gasteiger partial charge in [-0.15, -0.1) is 11.3 Å². The SMILES string of the molecule is O=C(CCc1ccc(S(=O)(=O)N2CCCCC2)cc1)NC(c1cccs1)C1CCCC1. The summed E-state index contributed by atoms with van der Waals surface area (Å²) in [6, 6.07) is 11.3. The van der Waals surface area contributed by atoms with Gasteiger partial charge in [-0.2, -0.15) is 4.31 Å². The molecular formula is C24H32N2O3S2. The van der Waals surface area contributed by atoms with Gasteiger partial charge in [-0.1, -0.05) is 37.5 Å². The van der Waals surface area contributed by atoms with E-state index >= 15 is 0 Å². The molecule has 2 aromatic rings. The van der Waals surface area contributed by atoms with E-state index in [1.807, 2.05) is 18.2 Å². The molecule has 1 aliphatic carbocycles. The van der Waals surface area contributed by atoms with Gasteiger partial charge in [0, 0.05) is 24.4 Å². The van der Waals surface area contributed by atoms with Crippen LogP contribution >= 0.6 is 11.3 Å². The van der Waals surface area contributed by atoms with Crippen LogP contribution in [0.25, 0.3) is 0 Å². The molecule has 1 saturated carbocycles. The normalized spacial score (nSPS) is 19.4. The summed E-state index contributed by atoms with van der Waals surface area (Å²) in [5.74, 6) is 0.595. The van der Waals surface area contributed by atoms with Crippen molar-refractivity contribution in [2.75, 3.05) is 13.1 Å². The van der Waals surface area contributed by atoms with Gasteiger partial charge >= 0.3 is 0 Å². The molecule has 1 saturated heterocycles. The summed E-state index contributed by atoms with van der Waals surface area (Å²) < 4.78 is 27.2. The third-order valence-corrected chi connectivity index (χ3v) is 9.42. The number of nitrogens with one attached hydrogen (secondary N) is 1. The van der Waals surface area contributed by atoms with Crippen LogP contribution in [0, 0.1) is 5.92 Å². The van der Waals surface area contributed by atoms with Crippen molar-refractivity contribution in [3.8, 4) is 0 Å². The highest BCUT2D eigenvalue weighted by atomic mass is 32.2. The molecule has 1 N–H and O–H groups in total. The van der Waals surface area contributed by atoms with Crippen molar-refractivity contribution in [2.24, 2.45) is 5.92 Å². The van der Waals surface area contributed by atoms with Gasteiger partial charge in [0.1, 0.15) is 0 Å². The molecule has 1 aliphatic heterocycles. The van der Waals surface area contributed by atoms with E-state index in [0.717, 1.165) is 24.8 Å². The molecule has 31 heavy (non-hydrogen) atoms. The van der Waals surface area contributed by atoms with Crippen molar-refractivity contribution in [3.05, 3.63) is 52.2 Å². The first kappa shape index (κ1) is 22.5. The molecule has 5 nitrogen and oxygen atoms in total. The number of benzene rings is 1. The van der Waals surface area contributed by atoms with Gasteiger partial charge in [0.2, 0.25) is 15.9 Å². The predicted molar refractivity (Wildman–Crippen MR) is 125 cm³/mol. The lowest BCUT2D eigenvalue weighted by Gasteiger charge is -2.26. The van der Waals surface area contributed by atoms with Crippen LogP contribution in [0.4, 0.5) is 0 Å². The van der Waals surface area contributed by atoms with E-state index in [2.05, 4.69) is 16.8 Å². The van der Waals surface area contributed by atoms with Crippen LogP contribution in [-0.2, 0) is 21.2 Å². The first-order valence-electron chi connectivity index (χ1n) is 11.5. The Morgan fingerprint density at radius 3 is 2.39 bits per heavy atom. The topological polar surface area (TPSA) is 66.5 Å². The molecule has 1 aromatic carbocycles. The second kappa shape index (κ2) is 10.3. The summed E-state index contributed by atoms with van der Waals surface area (Å²) >= 11 is 1.71. The number of carbonyl (C=O) groups is 1. The van der Waals surface area contributed by atoms with E-state index in [1.54, 1.807) is 27.8 Å². The van der Waals surface area contributed by atoms with Crippen molar-refractivity contribution >= 4 is 27.3 Å². The quantitative estimate of drug-likeness (QED) is 0.609. The van der Waals surface area contributed by atoms with Crippen molar-refractivity contribution in [2.45, 2.75) is 68.7 Å². The lowest BCUT2D eigenvalue weighted by Crippen LogP contribution is -2.35. The number of amides is 1. The molecule has 1 aromatic heterocycles. The number of hydrogen-bond acceptors (Lipinski definition) is 4. The maximum atomic E-state index is 12.8. The lowest BCUT2D eigenvalue weighted by atomic mass is 9.96. The fraction of sp³-hybridized carbons (Fsp3) is 0.542. The Hall–Kier alpha value is -1.70. The summed E-state index contributed by atoms with van der Waals surface area (Å²) in [6.07, 6.45) is 8.82. The average Bonchev–Trinajstić information content (AvgIpc) is 3.52. The standard InChI is InChI=1S/C24H32N2O3S2/c27-23(25-24(20-7-2-3-8-20)22-9-6-18-30-22)15-12-19-10-13-21(14-11-19)31(28,29)26-16-4-1-5-17-26/h6,9-11,13-14,18,20,24H,1-5,7-8,12,15-17H2,(H,25,27). The Bertz CT molecular complexity index is 943. The van der Waals surface area contributed by atoms with E-state index in [4.69, 9.17) is 0 Å².